The molecule has 136 valence electrons. The summed E-state index contributed by atoms with van der Waals surface area (Å²) in [6.07, 6.45) is -8.45. The van der Waals surface area contributed by atoms with Gasteiger partial charge in [0.1, 0.15) is 12.7 Å². The summed E-state index contributed by atoms with van der Waals surface area (Å²) in [6.45, 7) is 2.87. The van der Waals surface area contributed by atoms with Gasteiger partial charge < -0.3 is 34.5 Å². The van der Waals surface area contributed by atoms with Gasteiger partial charge in [-0.15, -0.1) is 0 Å². The van der Waals surface area contributed by atoms with Crippen molar-refractivity contribution in [1.82, 2.24) is 0 Å². The molecule has 0 bridgehead atoms. The maximum absolute atomic E-state index is 11.3. The van der Waals surface area contributed by atoms with Crippen molar-refractivity contribution >= 4 is 24.0 Å². The highest BCUT2D eigenvalue weighted by Gasteiger charge is 2.51. The van der Waals surface area contributed by atoms with Crippen LogP contribution in [0.4, 0.5) is 4.79 Å². The lowest BCUT2D eigenvalue weighted by Gasteiger charge is -2.42. The third kappa shape index (κ3) is 5.66. The Morgan fingerprint density at radius 3 is 1.92 bits per heavy atom. The van der Waals surface area contributed by atoms with E-state index in [0.717, 1.165) is 20.8 Å². The van der Waals surface area contributed by atoms with Gasteiger partial charge in [-0.3, -0.25) is 14.4 Å². The van der Waals surface area contributed by atoms with Gasteiger partial charge in [0.25, 0.3) is 0 Å². The second-order valence-corrected chi connectivity index (χ2v) is 4.92. The molecule has 0 radical (unpaired) electrons. The van der Waals surface area contributed by atoms with Gasteiger partial charge in [0.15, 0.2) is 24.6 Å². The minimum absolute atomic E-state index is 0.407. The van der Waals surface area contributed by atoms with E-state index in [1.54, 1.807) is 0 Å². The Labute approximate surface area is 136 Å². The molecule has 1 fully saturated rings. The van der Waals surface area contributed by atoms with Crippen molar-refractivity contribution in [1.29, 1.82) is 0 Å². The molecule has 0 unspecified atom stereocenters. The first-order chi connectivity index (χ1) is 11.1. The lowest BCUT2D eigenvalue weighted by atomic mass is 9.98. The van der Waals surface area contributed by atoms with Crippen molar-refractivity contribution in [2.45, 2.75) is 51.5 Å². The van der Waals surface area contributed by atoms with Gasteiger partial charge in [-0.05, 0) is 0 Å². The van der Waals surface area contributed by atoms with Gasteiger partial charge in [-0.1, -0.05) is 0 Å². The SMILES string of the molecule is CC(=O)OC[C@H]1O[C@@H](O)[C@@H](OC(C)=O)[C@@H](OC(N)=O)[C@@H]1OC(C)=O. The number of hydrogen-bond donors (Lipinski definition) is 2. The molecule has 1 saturated heterocycles. The lowest BCUT2D eigenvalue weighted by molar-refractivity contribution is -0.292. The Bertz CT molecular complexity index is 507. The van der Waals surface area contributed by atoms with E-state index in [2.05, 4.69) is 0 Å². The lowest BCUT2D eigenvalue weighted by Crippen LogP contribution is -2.62. The maximum Gasteiger partial charge on any atom is 0.405 e. The topological polar surface area (TPSA) is 161 Å². The van der Waals surface area contributed by atoms with Crippen LogP contribution < -0.4 is 5.73 Å². The Hall–Kier alpha value is -2.40. The van der Waals surface area contributed by atoms with Gasteiger partial charge in [0.05, 0.1) is 0 Å². The number of esters is 3. The number of carbonyl (C=O) groups excluding carboxylic acids is 4. The second-order valence-electron chi connectivity index (χ2n) is 4.92. The van der Waals surface area contributed by atoms with Crippen LogP contribution in [-0.2, 0) is 38.1 Å². The minimum atomic E-state index is -1.73. The number of primary amides is 1. The molecule has 0 aliphatic carbocycles. The molecule has 1 aliphatic rings. The number of nitrogens with two attached hydrogens (primary N) is 1. The van der Waals surface area contributed by atoms with E-state index in [1.165, 1.54) is 0 Å². The van der Waals surface area contributed by atoms with E-state index in [9.17, 15) is 24.3 Å². The fraction of sp³-hybridized carbons (Fsp3) is 0.692. The monoisotopic (exact) mass is 349 g/mol. The average Bonchev–Trinajstić information content (AvgIpc) is 2.42. The highest BCUT2D eigenvalue weighted by molar-refractivity contribution is 5.68. The smallest absolute Gasteiger partial charge is 0.405 e. The van der Waals surface area contributed by atoms with Crippen molar-refractivity contribution in [2.75, 3.05) is 6.61 Å². The fourth-order valence-electron chi connectivity index (χ4n) is 2.15. The average molecular weight is 349 g/mol. The number of carbonyl (C=O) groups is 4. The molecular formula is C13H19NO10. The van der Waals surface area contributed by atoms with E-state index >= 15 is 0 Å². The van der Waals surface area contributed by atoms with Gasteiger partial charge >= 0.3 is 24.0 Å². The van der Waals surface area contributed by atoms with Crippen LogP contribution in [0.1, 0.15) is 20.8 Å². The zero-order valence-electron chi connectivity index (χ0n) is 13.3. The molecule has 0 aromatic heterocycles. The summed E-state index contributed by atoms with van der Waals surface area (Å²) < 4.78 is 24.6. The molecule has 0 saturated carbocycles. The molecule has 0 aromatic carbocycles. The van der Waals surface area contributed by atoms with Crippen molar-refractivity contribution < 1.29 is 48.0 Å². The fourth-order valence-corrected chi connectivity index (χ4v) is 2.15. The van der Waals surface area contributed by atoms with Crippen molar-refractivity contribution in [2.24, 2.45) is 5.73 Å². The first-order valence-electron chi connectivity index (χ1n) is 6.89. The Balaban J connectivity index is 3.11. The molecule has 24 heavy (non-hydrogen) atoms. The van der Waals surface area contributed by atoms with Crippen LogP contribution in [-0.4, -0.2) is 66.4 Å². The molecule has 1 aliphatic heterocycles. The normalized spacial score (nSPS) is 29.2. The third-order valence-corrected chi connectivity index (χ3v) is 2.92. The Morgan fingerprint density at radius 2 is 1.46 bits per heavy atom. The largest absolute Gasteiger partial charge is 0.463 e. The van der Waals surface area contributed by atoms with Crippen LogP contribution in [0, 0.1) is 0 Å². The number of aliphatic hydroxyl groups is 1. The van der Waals surface area contributed by atoms with E-state index in [1.807, 2.05) is 0 Å². The summed E-state index contributed by atoms with van der Waals surface area (Å²) in [6, 6.07) is 0. The summed E-state index contributed by atoms with van der Waals surface area (Å²) >= 11 is 0. The number of amides is 1. The van der Waals surface area contributed by atoms with Crippen LogP contribution >= 0.6 is 0 Å². The predicted molar refractivity (Wildman–Crippen MR) is 73.1 cm³/mol. The van der Waals surface area contributed by atoms with E-state index in [0.29, 0.717) is 0 Å². The summed E-state index contributed by atoms with van der Waals surface area (Å²) in [7, 11) is 0. The highest BCUT2D eigenvalue weighted by Crippen LogP contribution is 2.27. The zero-order chi connectivity index (χ0) is 18.4. The molecule has 1 amide bonds. The molecule has 11 nitrogen and oxygen atoms in total. The molecule has 1 heterocycles. The molecule has 3 N–H and O–H groups in total. The summed E-state index contributed by atoms with van der Waals surface area (Å²) in [4.78, 5) is 44.6. The van der Waals surface area contributed by atoms with Crippen LogP contribution in [0.25, 0.3) is 0 Å². The molecule has 1 rings (SSSR count). The summed E-state index contributed by atoms with van der Waals surface area (Å²) in [5, 5.41) is 9.98. The zero-order valence-corrected chi connectivity index (χ0v) is 13.3. The van der Waals surface area contributed by atoms with Gasteiger partial charge in [0.2, 0.25) is 0 Å². The molecule has 11 heteroatoms. The molecule has 0 aromatic rings. The maximum atomic E-state index is 11.3. The van der Waals surface area contributed by atoms with E-state index < -0.39 is 61.3 Å². The summed E-state index contributed by atoms with van der Waals surface area (Å²) in [5.74, 6) is -2.22. The summed E-state index contributed by atoms with van der Waals surface area (Å²) in [5.41, 5.74) is 4.97. The van der Waals surface area contributed by atoms with Gasteiger partial charge in [-0.2, -0.15) is 0 Å². The number of aliphatic hydroxyl groups excluding tert-OH is 1. The second kappa shape index (κ2) is 8.45. The molecule has 0 spiro atoms. The first-order valence-corrected chi connectivity index (χ1v) is 6.89. The highest BCUT2D eigenvalue weighted by atomic mass is 16.7. The van der Waals surface area contributed by atoms with E-state index in [-0.39, 0.29) is 0 Å². The Kier molecular flexibility index (Phi) is 6.92. The Morgan fingerprint density at radius 1 is 0.917 bits per heavy atom. The predicted octanol–water partition coefficient (Wildman–Crippen LogP) is -1.41. The molecular weight excluding hydrogens is 330 g/mol. The first kappa shape index (κ1) is 19.6. The third-order valence-electron chi connectivity index (χ3n) is 2.92. The van der Waals surface area contributed by atoms with Crippen LogP contribution in [0.2, 0.25) is 0 Å². The minimum Gasteiger partial charge on any atom is -0.463 e. The number of ether oxygens (including phenoxy) is 5. The van der Waals surface area contributed by atoms with Crippen LogP contribution in [0.5, 0.6) is 0 Å². The number of rotatable bonds is 5. The standard InChI is InChI=1S/C13H19NO10/c1-5(15)20-4-8-9(21-6(2)16)10(24-13(14)19)11(12(18)23-8)22-7(3)17/h8-12,18H,4H2,1-3H3,(H2,14,19)/t8-,9-,10+,11+,12-/m1/s1. The van der Waals surface area contributed by atoms with Crippen molar-refractivity contribution in [3.8, 4) is 0 Å². The van der Waals surface area contributed by atoms with Crippen LogP contribution in [0.3, 0.4) is 0 Å². The van der Waals surface area contributed by atoms with Gasteiger partial charge in [0, 0.05) is 20.8 Å². The molecule has 5 atom stereocenters. The van der Waals surface area contributed by atoms with Crippen molar-refractivity contribution in [3.05, 3.63) is 0 Å². The number of hydrogen-bond acceptors (Lipinski definition) is 10. The van der Waals surface area contributed by atoms with Crippen molar-refractivity contribution in [3.63, 3.8) is 0 Å². The van der Waals surface area contributed by atoms with E-state index in [4.69, 9.17) is 29.4 Å². The van der Waals surface area contributed by atoms with Gasteiger partial charge in [-0.25, -0.2) is 4.79 Å². The quantitative estimate of drug-likeness (QED) is 0.446. The van der Waals surface area contributed by atoms with Crippen LogP contribution in [0.15, 0.2) is 0 Å².